The molecule has 0 heterocycles. The Morgan fingerprint density at radius 1 is 1.07 bits per heavy atom. The second kappa shape index (κ2) is 3.23. The fraction of sp³-hybridized carbons (Fsp3) is 1.00. The molecule has 0 radical (unpaired) electrons. The lowest BCUT2D eigenvalue weighted by Crippen LogP contribution is -2.45. The summed E-state index contributed by atoms with van der Waals surface area (Å²) in [6.07, 6.45) is 7.51. The summed E-state index contributed by atoms with van der Waals surface area (Å²) in [5.41, 5.74) is 1.15. The lowest BCUT2D eigenvalue weighted by molar-refractivity contribution is -0.0626. The maximum Gasteiger partial charge on any atom is 0.0540 e. The lowest BCUT2D eigenvalue weighted by Gasteiger charge is -2.55. The first-order valence-corrected chi connectivity index (χ1v) is 6.09. The largest absolute Gasteiger partial charge is 0.393 e. The van der Waals surface area contributed by atoms with Crippen LogP contribution in [0.5, 0.6) is 0 Å². The van der Waals surface area contributed by atoms with Gasteiger partial charge in [0.2, 0.25) is 0 Å². The van der Waals surface area contributed by atoms with Crippen LogP contribution in [-0.2, 0) is 0 Å². The zero-order valence-corrected chi connectivity index (χ0v) is 9.84. The third-order valence-corrected chi connectivity index (χ3v) is 4.60. The number of hydrogen-bond donors (Lipinski definition) is 1. The van der Waals surface area contributed by atoms with Crippen molar-refractivity contribution in [1.29, 1.82) is 0 Å². The van der Waals surface area contributed by atoms with Gasteiger partial charge in [0.15, 0.2) is 0 Å². The van der Waals surface area contributed by atoms with Crippen LogP contribution in [0.3, 0.4) is 0 Å². The number of hydrogen-bond acceptors (Lipinski definition) is 1. The molecule has 0 amide bonds. The molecule has 0 unspecified atom stereocenters. The molecule has 0 aromatic carbocycles. The van der Waals surface area contributed by atoms with Gasteiger partial charge in [0.05, 0.1) is 6.10 Å². The first-order chi connectivity index (χ1) is 6.41. The van der Waals surface area contributed by atoms with Crippen LogP contribution < -0.4 is 0 Å². The molecular weight excluding hydrogens is 172 g/mol. The van der Waals surface area contributed by atoms with E-state index in [1.54, 1.807) is 0 Å². The summed E-state index contributed by atoms with van der Waals surface area (Å²) in [6, 6.07) is 0. The number of aliphatic hydroxyl groups is 1. The fourth-order valence-corrected chi connectivity index (χ4v) is 3.22. The van der Waals surface area contributed by atoms with Gasteiger partial charge in [-0.15, -0.1) is 0 Å². The van der Waals surface area contributed by atoms with E-state index in [2.05, 4.69) is 20.8 Å². The Kier molecular flexibility index (Phi) is 2.42. The molecule has 0 aliphatic heterocycles. The van der Waals surface area contributed by atoms with E-state index in [1.807, 2.05) is 0 Å². The molecule has 1 N–H and O–H groups in total. The molecule has 0 bridgehead atoms. The van der Waals surface area contributed by atoms with E-state index >= 15 is 0 Å². The van der Waals surface area contributed by atoms with Gasteiger partial charge in [0.1, 0.15) is 0 Å². The summed E-state index contributed by atoms with van der Waals surface area (Å²) >= 11 is 0. The predicted molar refractivity (Wildman–Crippen MR) is 59.1 cm³/mol. The first-order valence-electron chi connectivity index (χ1n) is 6.09. The summed E-state index contributed by atoms with van der Waals surface area (Å²) in [4.78, 5) is 0. The van der Waals surface area contributed by atoms with Crippen molar-refractivity contribution in [2.45, 2.75) is 65.4 Å². The van der Waals surface area contributed by atoms with Crippen molar-refractivity contribution in [3.63, 3.8) is 0 Å². The van der Waals surface area contributed by atoms with E-state index in [0.717, 1.165) is 18.8 Å². The van der Waals surface area contributed by atoms with Crippen molar-refractivity contribution in [1.82, 2.24) is 0 Å². The SMILES string of the molecule is CC(C)(C)C1CC2(CCC(O)CC2)C1. The Labute approximate surface area is 87.9 Å². The van der Waals surface area contributed by atoms with Gasteiger partial charge in [0.25, 0.3) is 0 Å². The van der Waals surface area contributed by atoms with E-state index in [1.165, 1.54) is 25.7 Å². The van der Waals surface area contributed by atoms with E-state index in [9.17, 15) is 5.11 Å². The second-order valence-corrected chi connectivity index (χ2v) is 6.70. The molecule has 0 atom stereocenters. The summed E-state index contributed by atoms with van der Waals surface area (Å²) in [5.74, 6) is 0.928. The van der Waals surface area contributed by atoms with Crippen LogP contribution in [0.2, 0.25) is 0 Å². The molecule has 2 aliphatic carbocycles. The molecule has 1 heteroatoms. The summed E-state index contributed by atoms with van der Waals surface area (Å²) in [5, 5.41) is 9.49. The van der Waals surface area contributed by atoms with E-state index in [0.29, 0.717) is 10.8 Å². The van der Waals surface area contributed by atoms with Crippen molar-refractivity contribution in [3.05, 3.63) is 0 Å². The molecule has 0 saturated heterocycles. The van der Waals surface area contributed by atoms with Gasteiger partial charge in [-0.3, -0.25) is 0 Å². The smallest absolute Gasteiger partial charge is 0.0540 e. The zero-order chi connectivity index (χ0) is 10.4. The maximum atomic E-state index is 9.49. The molecule has 2 aliphatic rings. The molecule has 0 aromatic heterocycles. The third kappa shape index (κ3) is 1.84. The maximum absolute atomic E-state index is 9.49. The highest BCUT2D eigenvalue weighted by Gasteiger charge is 2.49. The summed E-state index contributed by atoms with van der Waals surface area (Å²) in [6.45, 7) is 7.09. The van der Waals surface area contributed by atoms with Crippen LogP contribution in [0.4, 0.5) is 0 Å². The van der Waals surface area contributed by atoms with Gasteiger partial charge in [-0.05, 0) is 55.3 Å². The van der Waals surface area contributed by atoms with Crippen LogP contribution in [0.15, 0.2) is 0 Å². The monoisotopic (exact) mass is 196 g/mol. The van der Waals surface area contributed by atoms with Crippen LogP contribution in [0.25, 0.3) is 0 Å². The zero-order valence-electron chi connectivity index (χ0n) is 9.84. The van der Waals surface area contributed by atoms with Gasteiger partial charge in [-0.1, -0.05) is 20.8 Å². The summed E-state index contributed by atoms with van der Waals surface area (Å²) in [7, 11) is 0. The molecule has 82 valence electrons. The fourth-order valence-electron chi connectivity index (χ4n) is 3.22. The normalized spacial score (nSPS) is 43.7. The second-order valence-electron chi connectivity index (χ2n) is 6.70. The first kappa shape index (κ1) is 10.5. The lowest BCUT2D eigenvalue weighted by atomic mass is 9.50. The highest BCUT2D eigenvalue weighted by molar-refractivity contribution is 4.99. The Morgan fingerprint density at radius 3 is 2.00 bits per heavy atom. The molecule has 2 saturated carbocycles. The molecule has 0 aromatic rings. The van der Waals surface area contributed by atoms with Crippen LogP contribution in [0, 0.1) is 16.7 Å². The van der Waals surface area contributed by atoms with Crippen LogP contribution in [-0.4, -0.2) is 11.2 Å². The molecule has 1 spiro atoms. The molecule has 2 fully saturated rings. The standard InChI is InChI=1S/C13H24O/c1-12(2,3)10-8-13(9-10)6-4-11(14)5-7-13/h10-11,14H,4-9H2,1-3H3. The van der Waals surface area contributed by atoms with Gasteiger partial charge in [0, 0.05) is 0 Å². The molecular formula is C13H24O. The van der Waals surface area contributed by atoms with Crippen LogP contribution in [0.1, 0.15) is 59.3 Å². The van der Waals surface area contributed by atoms with E-state index < -0.39 is 0 Å². The van der Waals surface area contributed by atoms with Crippen molar-refractivity contribution in [2.75, 3.05) is 0 Å². The van der Waals surface area contributed by atoms with Gasteiger partial charge < -0.3 is 5.11 Å². The Balaban J connectivity index is 1.87. The van der Waals surface area contributed by atoms with Crippen LogP contribution >= 0.6 is 0 Å². The van der Waals surface area contributed by atoms with Gasteiger partial charge >= 0.3 is 0 Å². The minimum atomic E-state index is 0.00862. The topological polar surface area (TPSA) is 20.2 Å². The third-order valence-electron chi connectivity index (χ3n) is 4.60. The average Bonchev–Trinajstić information content (AvgIpc) is 2.00. The van der Waals surface area contributed by atoms with Crippen molar-refractivity contribution >= 4 is 0 Å². The average molecular weight is 196 g/mol. The minimum absolute atomic E-state index is 0.00862. The summed E-state index contributed by atoms with van der Waals surface area (Å²) < 4.78 is 0. The molecule has 2 rings (SSSR count). The number of rotatable bonds is 0. The molecule has 14 heavy (non-hydrogen) atoms. The van der Waals surface area contributed by atoms with Crippen molar-refractivity contribution in [3.8, 4) is 0 Å². The van der Waals surface area contributed by atoms with E-state index in [-0.39, 0.29) is 6.10 Å². The Bertz CT molecular complexity index is 198. The van der Waals surface area contributed by atoms with Crippen molar-refractivity contribution < 1.29 is 5.11 Å². The highest BCUT2D eigenvalue weighted by atomic mass is 16.3. The van der Waals surface area contributed by atoms with E-state index in [4.69, 9.17) is 0 Å². The highest BCUT2D eigenvalue weighted by Crippen LogP contribution is 2.59. The van der Waals surface area contributed by atoms with Gasteiger partial charge in [-0.2, -0.15) is 0 Å². The minimum Gasteiger partial charge on any atom is -0.393 e. The van der Waals surface area contributed by atoms with Gasteiger partial charge in [-0.25, -0.2) is 0 Å². The molecule has 1 nitrogen and oxygen atoms in total. The van der Waals surface area contributed by atoms with Crippen molar-refractivity contribution in [2.24, 2.45) is 16.7 Å². The quantitative estimate of drug-likeness (QED) is 0.630. The Hall–Kier alpha value is -0.0400. The predicted octanol–water partition coefficient (Wildman–Crippen LogP) is 3.36. The Morgan fingerprint density at radius 2 is 1.57 bits per heavy atom. The number of aliphatic hydroxyl groups excluding tert-OH is 1.